The molecule has 37 heavy (non-hydrogen) atoms. The van der Waals surface area contributed by atoms with E-state index in [0.29, 0.717) is 15.6 Å². The molecule has 7 nitrogen and oxygen atoms in total. The van der Waals surface area contributed by atoms with Gasteiger partial charge in [0.05, 0.1) is 11.4 Å². The molecule has 3 rings (SSSR count). The van der Waals surface area contributed by atoms with Gasteiger partial charge in [0.25, 0.3) is 0 Å². The number of likely N-dealkylation sites (N-methyl/N-ethyl adjacent to an activating group) is 1. The molecule has 0 bridgehead atoms. The van der Waals surface area contributed by atoms with E-state index in [-0.39, 0.29) is 23.4 Å². The normalized spacial score (nSPS) is 13.4. The fourth-order valence-electron chi connectivity index (χ4n) is 3.78. The Labute approximate surface area is 228 Å². The zero-order chi connectivity index (χ0) is 27.3. The van der Waals surface area contributed by atoms with Gasteiger partial charge >= 0.3 is 0 Å². The number of hydrogen-bond donors (Lipinski definition) is 1. The van der Waals surface area contributed by atoms with Crippen LogP contribution in [0.4, 0.5) is 0 Å². The van der Waals surface area contributed by atoms with E-state index in [0.717, 1.165) is 21.5 Å². The van der Waals surface area contributed by atoms with Crippen molar-refractivity contribution < 1.29 is 18.0 Å². The average Bonchev–Trinajstić information content (AvgIpc) is 2.87. The first-order chi connectivity index (χ1) is 17.4. The van der Waals surface area contributed by atoms with E-state index in [4.69, 9.17) is 23.2 Å². The number of carbonyl (C=O) groups excluding carboxylic acids is 2. The summed E-state index contributed by atoms with van der Waals surface area (Å²) in [4.78, 5) is 27.8. The Morgan fingerprint density at radius 2 is 1.57 bits per heavy atom. The third-order valence-electron chi connectivity index (χ3n) is 6.35. The van der Waals surface area contributed by atoms with E-state index in [1.165, 1.54) is 18.0 Å². The maximum absolute atomic E-state index is 13.5. The number of amides is 2. The third-order valence-corrected chi connectivity index (χ3v) is 8.85. The van der Waals surface area contributed by atoms with Gasteiger partial charge in [0.1, 0.15) is 6.04 Å². The zero-order valence-corrected chi connectivity index (χ0v) is 23.6. The summed E-state index contributed by atoms with van der Waals surface area (Å²) in [5.41, 5.74) is 0.474. The summed E-state index contributed by atoms with van der Waals surface area (Å²) < 4.78 is 27.6. The number of benzene rings is 3. The first-order valence-corrected chi connectivity index (χ1v) is 14.1. The lowest BCUT2D eigenvalue weighted by Gasteiger charge is -2.31. The summed E-state index contributed by atoms with van der Waals surface area (Å²) in [7, 11) is -2.64. The number of sulfonamides is 1. The lowest BCUT2D eigenvalue weighted by Crippen LogP contribution is -2.52. The van der Waals surface area contributed by atoms with Gasteiger partial charge in [0, 0.05) is 35.2 Å². The molecular formula is C27H31Cl2N3O4S. The predicted octanol–water partition coefficient (Wildman–Crippen LogP) is 5.10. The Balaban J connectivity index is 1.89. The van der Waals surface area contributed by atoms with Crippen LogP contribution in [0, 0.1) is 0 Å². The molecule has 0 aliphatic rings. The predicted molar refractivity (Wildman–Crippen MR) is 148 cm³/mol. The molecule has 10 heteroatoms. The molecular weight excluding hydrogens is 533 g/mol. The van der Waals surface area contributed by atoms with Crippen LogP contribution in [0.25, 0.3) is 10.8 Å². The zero-order valence-electron chi connectivity index (χ0n) is 21.2. The van der Waals surface area contributed by atoms with Crippen molar-refractivity contribution in [2.24, 2.45) is 0 Å². The van der Waals surface area contributed by atoms with Crippen LogP contribution >= 0.6 is 23.2 Å². The fraction of sp³-hybridized carbons (Fsp3) is 0.333. The molecule has 0 aliphatic heterocycles. The number of fused-ring (bicyclic) bond motifs is 1. The van der Waals surface area contributed by atoms with E-state index in [1.54, 1.807) is 37.3 Å². The van der Waals surface area contributed by atoms with Gasteiger partial charge in [-0.3, -0.25) is 9.59 Å². The summed E-state index contributed by atoms with van der Waals surface area (Å²) in [6.45, 7) is 4.87. The van der Waals surface area contributed by atoms with Crippen molar-refractivity contribution in [2.75, 3.05) is 13.6 Å². The van der Waals surface area contributed by atoms with Crippen molar-refractivity contribution >= 4 is 55.8 Å². The van der Waals surface area contributed by atoms with Crippen LogP contribution in [0.1, 0.15) is 32.8 Å². The van der Waals surface area contributed by atoms with Crippen LogP contribution in [0.15, 0.2) is 65.6 Å². The number of nitrogens with zero attached hydrogens (tertiary/aromatic N) is 2. The van der Waals surface area contributed by atoms with Crippen molar-refractivity contribution in [3.8, 4) is 0 Å². The molecule has 198 valence electrons. The van der Waals surface area contributed by atoms with E-state index >= 15 is 0 Å². The minimum Gasteiger partial charge on any atom is -0.352 e. The molecule has 1 N–H and O–H groups in total. The number of halogens is 2. The molecule has 0 aliphatic carbocycles. The lowest BCUT2D eigenvalue weighted by atomic mass is 10.1. The van der Waals surface area contributed by atoms with E-state index < -0.39 is 28.5 Å². The van der Waals surface area contributed by atoms with Gasteiger partial charge < -0.3 is 10.2 Å². The molecule has 0 fully saturated rings. The molecule has 0 heterocycles. The van der Waals surface area contributed by atoms with E-state index in [9.17, 15) is 18.0 Å². The number of hydrogen-bond acceptors (Lipinski definition) is 4. The topological polar surface area (TPSA) is 86.8 Å². The summed E-state index contributed by atoms with van der Waals surface area (Å²) >= 11 is 12.7. The molecule has 2 amide bonds. The molecule has 0 saturated heterocycles. The van der Waals surface area contributed by atoms with Gasteiger partial charge in [-0.15, -0.1) is 0 Å². The van der Waals surface area contributed by atoms with Crippen molar-refractivity contribution in [2.45, 2.75) is 50.7 Å². The highest BCUT2D eigenvalue weighted by Crippen LogP contribution is 2.27. The second-order valence-corrected chi connectivity index (χ2v) is 11.8. The molecule has 2 atom stereocenters. The summed E-state index contributed by atoms with van der Waals surface area (Å²) in [6, 6.07) is 16.2. The average molecular weight is 565 g/mol. The molecule has 3 aromatic carbocycles. The van der Waals surface area contributed by atoms with Crippen molar-refractivity contribution in [1.29, 1.82) is 0 Å². The standard InChI is InChI=1S/C27H31Cl2N3O4S/c1-5-18(2)30-27(34)19(3)32(16-23-24(28)11-8-12-25(23)29)26(33)17-31(4)37(35,36)22-14-13-20-9-6-7-10-21(20)15-22/h6-15,18-19H,5,16-17H2,1-4H3,(H,30,34)/t18-,19-/m0/s1. The van der Waals surface area contributed by atoms with Gasteiger partial charge in [-0.1, -0.05) is 66.5 Å². The minimum absolute atomic E-state index is 0.0592. The minimum atomic E-state index is -3.98. The first-order valence-electron chi connectivity index (χ1n) is 11.9. The molecule has 0 aromatic heterocycles. The summed E-state index contributed by atoms with van der Waals surface area (Å²) in [6.07, 6.45) is 0.718. The third kappa shape index (κ3) is 6.82. The lowest BCUT2D eigenvalue weighted by molar-refractivity contribution is -0.140. The number of nitrogens with one attached hydrogen (secondary N) is 1. The van der Waals surface area contributed by atoms with Gasteiger partial charge in [-0.25, -0.2) is 8.42 Å². The van der Waals surface area contributed by atoms with Gasteiger partial charge in [0.2, 0.25) is 21.8 Å². The van der Waals surface area contributed by atoms with Crippen molar-refractivity contribution in [3.63, 3.8) is 0 Å². The second kappa shape index (κ2) is 12.3. The second-order valence-electron chi connectivity index (χ2n) is 8.99. The summed E-state index contributed by atoms with van der Waals surface area (Å²) in [5.74, 6) is -0.916. The highest BCUT2D eigenvalue weighted by molar-refractivity contribution is 7.89. The number of carbonyl (C=O) groups is 2. The van der Waals surface area contributed by atoms with Crippen LogP contribution in [0.2, 0.25) is 10.0 Å². The highest BCUT2D eigenvalue weighted by Gasteiger charge is 2.31. The Morgan fingerprint density at radius 1 is 0.946 bits per heavy atom. The van der Waals surface area contributed by atoms with Gasteiger partial charge in [-0.2, -0.15) is 4.31 Å². The smallest absolute Gasteiger partial charge is 0.243 e. The van der Waals surface area contributed by atoms with Crippen molar-refractivity contribution in [3.05, 3.63) is 76.3 Å². The van der Waals surface area contributed by atoms with Crippen LogP contribution < -0.4 is 5.32 Å². The first kappa shape index (κ1) is 28.9. The monoisotopic (exact) mass is 563 g/mol. The largest absolute Gasteiger partial charge is 0.352 e. The molecule has 3 aromatic rings. The Morgan fingerprint density at radius 3 is 2.19 bits per heavy atom. The molecule has 0 radical (unpaired) electrons. The van der Waals surface area contributed by atoms with Crippen molar-refractivity contribution in [1.82, 2.24) is 14.5 Å². The quantitative estimate of drug-likeness (QED) is 0.371. The van der Waals surface area contributed by atoms with Crippen LogP contribution in [0.5, 0.6) is 0 Å². The Hall–Kier alpha value is -2.65. The molecule has 0 unspecified atom stereocenters. The van der Waals surface area contributed by atoms with Crippen LogP contribution in [-0.4, -0.2) is 55.1 Å². The van der Waals surface area contributed by atoms with Gasteiger partial charge in [0.15, 0.2) is 0 Å². The Bertz CT molecular complexity index is 1380. The Kier molecular flexibility index (Phi) is 9.58. The van der Waals surface area contributed by atoms with E-state index in [2.05, 4.69) is 5.32 Å². The fourth-order valence-corrected chi connectivity index (χ4v) is 5.45. The summed E-state index contributed by atoms with van der Waals surface area (Å²) in [5, 5.41) is 5.24. The molecule has 0 saturated carbocycles. The van der Waals surface area contributed by atoms with Gasteiger partial charge in [-0.05, 0) is 55.3 Å². The highest BCUT2D eigenvalue weighted by atomic mass is 35.5. The SMILES string of the molecule is CC[C@H](C)NC(=O)[C@H](C)N(Cc1c(Cl)cccc1Cl)C(=O)CN(C)S(=O)(=O)c1ccc2ccccc2c1. The maximum atomic E-state index is 13.5. The van der Waals surface area contributed by atoms with Crippen LogP contribution in [-0.2, 0) is 26.2 Å². The van der Waals surface area contributed by atoms with Crippen LogP contribution in [0.3, 0.4) is 0 Å². The van der Waals surface area contributed by atoms with E-state index in [1.807, 2.05) is 38.1 Å². The molecule has 0 spiro atoms. The maximum Gasteiger partial charge on any atom is 0.243 e. The number of rotatable bonds is 10.